The lowest BCUT2D eigenvalue weighted by Gasteiger charge is -2.36. The molecular weight excluding hydrogens is 474 g/mol. The van der Waals surface area contributed by atoms with Gasteiger partial charge in [0, 0.05) is 43.7 Å². The van der Waals surface area contributed by atoms with Crippen LogP contribution in [0, 0.1) is 0 Å². The summed E-state index contributed by atoms with van der Waals surface area (Å²) < 4.78 is 12.5. The molecule has 3 rings (SSSR count). The number of hydrogen-bond donors (Lipinski definition) is 1. The zero-order valence-corrected chi connectivity index (χ0v) is 20.8. The van der Waals surface area contributed by atoms with Gasteiger partial charge in [0.1, 0.15) is 0 Å². The van der Waals surface area contributed by atoms with Gasteiger partial charge in [-0.3, -0.25) is 4.90 Å². The maximum atomic E-state index is 5.73. The van der Waals surface area contributed by atoms with E-state index in [2.05, 4.69) is 67.4 Å². The molecular formula is C24H32BrN3O2S. The van der Waals surface area contributed by atoms with Gasteiger partial charge in [0.25, 0.3) is 0 Å². The monoisotopic (exact) mass is 505 g/mol. The van der Waals surface area contributed by atoms with E-state index in [1.807, 2.05) is 19.9 Å². The molecule has 2 aromatic rings. The summed E-state index contributed by atoms with van der Waals surface area (Å²) in [4.78, 5) is 4.75. The number of benzene rings is 2. The summed E-state index contributed by atoms with van der Waals surface area (Å²) in [5.74, 6) is 1.61. The van der Waals surface area contributed by atoms with E-state index >= 15 is 0 Å². The molecule has 0 atom stereocenters. The van der Waals surface area contributed by atoms with Gasteiger partial charge in [-0.2, -0.15) is 0 Å². The van der Waals surface area contributed by atoms with E-state index in [4.69, 9.17) is 21.7 Å². The van der Waals surface area contributed by atoms with Crippen LogP contribution in [0.2, 0.25) is 0 Å². The third-order valence-electron chi connectivity index (χ3n) is 5.31. The molecule has 0 spiro atoms. The van der Waals surface area contributed by atoms with Gasteiger partial charge < -0.3 is 19.7 Å². The van der Waals surface area contributed by atoms with Crippen LogP contribution in [0.5, 0.6) is 11.5 Å². The molecule has 168 valence electrons. The Morgan fingerprint density at radius 2 is 1.71 bits per heavy atom. The largest absolute Gasteiger partial charge is 0.490 e. The highest BCUT2D eigenvalue weighted by molar-refractivity contribution is 9.10. The fourth-order valence-corrected chi connectivity index (χ4v) is 4.35. The molecule has 0 saturated carbocycles. The van der Waals surface area contributed by atoms with E-state index in [1.165, 1.54) is 15.6 Å². The van der Waals surface area contributed by atoms with Crippen LogP contribution in [0.15, 0.2) is 46.9 Å². The van der Waals surface area contributed by atoms with Crippen LogP contribution >= 0.6 is 28.1 Å². The Balaban J connectivity index is 1.42. The lowest BCUT2D eigenvalue weighted by Crippen LogP contribution is -2.51. The minimum Gasteiger partial charge on any atom is -0.490 e. The molecule has 0 radical (unpaired) electrons. The number of nitrogens with one attached hydrogen (secondary N) is 1. The average Bonchev–Trinajstić information content (AvgIpc) is 2.78. The summed E-state index contributed by atoms with van der Waals surface area (Å²) in [7, 11) is 0. The molecule has 0 aromatic heterocycles. The predicted molar refractivity (Wildman–Crippen MR) is 134 cm³/mol. The second-order valence-electron chi connectivity index (χ2n) is 7.48. The standard InChI is InChI=1S/C24H32BrN3O2S/c1-3-29-22-10-9-19(17-23(22)30-4-2)11-12-26-24(31)28-15-13-27(14-16-28)18-20-7-5-6-8-21(20)25/h5-10,17H,3-4,11-16,18H2,1-2H3,(H,26,31). The smallest absolute Gasteiger partial charge is 0.169 e. The zero-order valence-electron chi connectivity index (χ0n) is 18.4. The first-order valence-corrected chi connectivity index (χ1v) is 12.2. The van der Waals surface area contributed by atoms with Gasteiger partial charge in [-0.05, 0) is 61.8 Å². The minimum absolute atomic E-state index is 0.624. The minimum atomic E-state index is 0.624. The molecule has 5 nitrogen and oxygen atoms in total. The lowest BCUT2D eigenvalue weighted by atomic mass is 10.1. The first kappa shape index (κ1) is 23.8. The maximum absolute atomic E-state index is 5.73. The average molecular weight is 507 g/mol. The second-order valence-corrected chi connectivity index (χ2v) is 8.72. The molecule has 2 aromatic carbocycles. The Morgan fingerprint density at radius 1 is 1.00 bits per heavy atom. The molecule has 1 aliphatic rings. The van der Waals surface area contributed by atoms with E-state index in [0.717, 1.165) is 62.3 Å². The van der Waals surface area contributed by atoms with Crippen LogP contribution < -0.4 is 14.8 Å². The van der Waals surface area contributed by atoms with Crippen molar-refractivity contribution in [2.75, 3.05) is 45.9 Å². The number of ether oxygens (including phenoxy) is 2. The van der Waals surface area contributed by atoms with Gasteiger partial charge in [0.2, 0.25) is 0 Å². The molecule has 0 aliphatic carbocycles. The van der Waals surface area contributed by atoms with Crippen molar-refractivity contribution in [3.8, 4) is 11.5 Å². The van der Waals surface area contributed by atoms with Crippen molar-refractivity contribution in [2.24, 2.45) is 0 Å². The molecule has 1 heterocycles. The predicted octanol–water partition coefficient (Wildman–Crippen LogP) is 4.48. The number of halogens is 1. The van der Waals surface area contributed by atoms with E-state index in [9.17, 15) is 0 Å². The highest BCUT2D eigenvalue weighted by Crippen LogP contribution is 2.28. The third-order valence-corrected chi connectivity index (χ3v) is 6.49. The molecule has 31 heavy (non-hydrogen) atoms. The van der Waals surface area contributed by atoms with E-state index in [-0.39, 0.29) is 0 Å². The number of nitrogens with zero attached hydrogens (tertiary/aromatic N) is 2. The van der Waals surface area contributed by atoms with Gasteiger partial charge >= 0.3 is 0 Å². The van der Waals surface area contributed by atoms with Crippen molar-refractivity contribution in [3.63, 3.8) is 0 Å². The molecule has 1 aliphatic heterocycles. The van der Waals surface area contributed by atoms with Crippen LogP contribution in [0.25, 0.3) is 0 Å². The Morgan fingerprint density at radius 3 is 2.42 bits per heavy atom. The van der Waals surface area contributed by atoms with E-state index < -0.39 is 0 Å². The molecule has 7 heteroatoms. The first-order chi connectivity index (χ1) is 15.1. The highest BCUT2D eigenvalue weighted by Gasteiger charge is 2.19. The van der Waals surface area contributed by atoms with Crippen LogP contribution in [-0.4, -0.2) is 60.8 Å². The van der Waals surface area contributed by atoms with Gasteiger partial charge in [0.15, 0.2) is 16.6 Å². The summed E-state index contributed by atoms with van der Waals surface area (Å²) in [5.41, 5.74) is 2.54. The van der Waals surface area contributed by atoms with Gasteiger partial charge in [-0.1, -0.05) is 40.2 Å². The zero-order chi connectivity index (χ0) is 22.1. The normalized spacial score (nSPS) is 14.4. The van der Waals surface area contributed by atoms with Crippen molar-refractivity contribution in [2.45, 2.75) is 26.8 Å². The Hall–Kier alpha value is -1.83. The number of rotatable bonds is 9. The molecule has 1 saturated heterocycles. The van der Waals surface area contributed by atoms with Crippen molar-refractivity contribution in [1.82, 2.24) is 15.1 Å². The Kier molecular flexibility index (Phi) is 9.43. The summed E-state index contributed by atoms with van der Waals surface area (Å²) in [6.45, 7) is 10.9. The summed E-state index contributed by atoms with van der Waals surface area (Å²) in [6, 6.07) is 14.6. The number of thiocarbonyl (C=S) groups is 1. The highest BCUT2D eigenvalue weighted by atomic mass is 79.9. The van der Waals surface area contributed by atoms with Gasteiger partial charge in [0.05, 0.1) is 13.2 Å². The second kappa shape index (κ2) is 12.3. The van der Waals surface area contributed by atoms with Crippen molar-refractivity contribution < 1.29 is 9.47 Å². The molecule has 0 amide bonds. The van der Waals surface area contributed by atoms with Crippen LogP contribution in [0.1, 0.15) is 25.0 Å². The van der Waals surface area contributed by atoms with Gasteiger partial charge in [-0.25, -0.2) is 0 Å². The summed E-state index contributed by atoms with van der Waals surface area (Å²) >= 11 is 9.29. The molecule has 0 unspecified atom stereocenters. The molecule has 0 bridgehead atoms. The fourth-order valence-electron chi connectivity index (χ4n) is 3.65. The van der Waals surface area contributed by atoms with Crippen molar-refractivity contribution in [3.05, 3.63) is 58.1 Å². The first-order valence-electron chi connectivity index (χ1n) is 11.0. The van der Waals surface area contributed by atoms with Crippen LogP contribution in [0.4, 0.5) is 0 Å². The third kappa shape index (κ3) is 7.09. The Labute approximate surface area is 199 Å². The maximum Gasteiger partial charge on any atom is 0.169 e. The lowest BCUT2D eigenvalue weighted by molar-refractivity contribution is 0.174. The quantitative estimate of drug-likeness (QED) is 0.506. The fraction of sp³-hybridized carbons (Fsp3) is 0.458. The van der Waals surface area contributed by atoms with Crippen LogP contribution in [0.3, 0.4) is 0 Å². The number of hydrogen-bond acceptors (Lipinski definition) is 4. The summed E-state index contributed by atoms with van der Waals surface area (Å²) in [5, 5.41) is 4.27. The van der Waals surface area contributed by atoms with E-state index in [0.29, 0.717) is 13.2 Å². The SMILES string of the molecule is CCOc1ccc(CCNC(=S)N2CCN(Cc3ccccc3Br)CC2)cc1OCC. The Bertz CT molecular complexity index is 856. The van der Waals surface area contributed by atoms with E-state index in [1.54, 1.807) is 0 Å². The topological polar surface area (TPSA) is 37.0 Å². The summed E-state index contributed by atoms with van der Waals surface area (Å²) in [6.07, 6.45) is 0.884. The van der Waals surface area contributed by atoms with Crippen molar-refractivity contribution in [1.29, 1.82) is 0 Å². The van der Waals surface area contributed by atoms with Gasteiger partial charge in [-0.15, -0.1) is 0 Å². The van der Waals surface area contributed by atoms with Crippen molar-refractivity contribution >= 4 is 33.3 Å². The molecule has 1 N–H and O–H groups in total. The van der Waals surface area contributed by atoms with Crippen LogP contribution in [-0.2, 0) is 13.0 Å². The molecule has 1 fully saturated rings. The number of piperazine rings is 1.